The van der Waals surface area contributed by atoms with E-state index in [1.807, 2.05) is 24.3 Å². The maximum atomic E-state index is 8.87. The fourth-order valence-electron chi connectivity index (χ4n) is 3.35. The van der Waals surface area contributed by atoms with Crippen molar-refractivity contribution in [2.45, 2.75) is 50.0 Å². The first kappa shape index (κ1) is 16.3. The number of ether oxygens (including phenoxy) is 1. The van der Waals surface area contributed by atoms with Gasteiger partial charge in [-0.15, -0.1) is 0 Å². The molecule has 3 heteroatoms. The van der Waals surface area contributed by atoms with Gasteiger partial charge >= 0.3 is 0 Å². The number of rotatable bonds is 5. The van der Waals surface area contributed by atoms with Crippen LogP contribution in [0.25, 0.3) is 0 Å². The molecule has 0 aliphatic heterocycles. The van der Waals surface area contributed by atoms with Crippen LogP contribution in [0.3, 0.4) is 0 Å². The molecule has 1 aliphatic rings. The van der Waals surface area contributed by atoms with Crippen LogP contribution in [0, 0.1) is 22.7 Å². The molecule has 1 fully saturated rings. The van der Waals surface area contributed by atoms with E-state index in [0.29, 0.717) is 5.92 Å². The number of benzene rings is 1. The van der Waals surface area contributed by atoms with Crippen molar-refractivity contribution in [3.63, 3.8) is 0 Å². The third-order valence-corrected chi connectivity index (χ3v) is 4.80. The van der Waals surface area contributed by atoms with Crippen molar-refractivity contribution in [1.29, 1.82) is 10.5 Å². The van der Waals surface area contributed by atoms with E-state index in [9.17, 15) is 0 Å². The lowest BCUT2D eigenvalue weighted by atomic mass is 9.74. The average Bonchev–Trinajstić information content (AvgIpc) is 2.59. The zero-order chi connectivity index (χ0) is 15.8. The number of hydrogen-bond acceptors (Lipinski definition) is 3. The minimum absolute atomic E-state index is 0.0388. The Morgan fingerprint density at radius 2 is 1.91 bits per heavy atom. The Morgan fingerprint density at radius 3 is 2.45 bits per heavy atom. The molecular weight excluding hydrogens is 272 g/mol. The van der Waals surface area contributed by atoms with Crippen LogP contribution in [0.4, 0.5) is 0 Å². The molecule has 0 aromatic heterocycles. The normalized spacial score (nSPS) is 24.8. The van der Waals surface area contributed by atoms with Crippen molar-refractivity contribution in [2.75, 3.05) is 7.11 Å². The summed E-state index contributed by atoms with van der Waals surface area (Å²) in [4.78, 5) is 0. The fraction of sp³-hybridized carbons (Fsp3) is 0.474. The highest BCUT2D eigenvalue weighted by molar-refractivity contribution is 5.33. The van der Waals surface area contributed by atoms with Gasteiger partial charge in [-0.3, -0.25) is 0 Å². The molecular formula is C19H22N2O. The van der Waals surface area contributed by atoms with Crippen LogP contribution in [0.5, 0.6) is 0 Å². The Balaban J connectivity index is 1.94. The van der Waals surface area contributed by atoms with Crippen molar-refractivity contribution in [3.8, 4) is 12.1 Å². The molecule has 0 bridgehead atoms. The Morgan fingerprint density at radius 1 is 1.23 bits per heavy atom. The van der Waals surface area contributed by atoms with Gasteiger partial charge in [-0.2, -0.15) is 10.5 Å². The summed E-state index contributed by atoms with van der Waals surface area (Å²) >= 11 is 0. The maximum Gasteiger partial charge on any atom is 0.0991 e. The fourth-order valence-corrected chi connectivity index (χ4v) is 3.35. The lowest BCUT2D eigenvalue weighted by Crippen LogP contribution is -2.35. The molecule has 0 unspecified atom stereocenters. The summed E-state index contributed by atoms with van der Waals surface area (Å²) in [6.45, 7) is 0. The number of nitrogens with zero attached hydrogens (tertiary/aromatic N) is 2. The lowest BCUT2D eigenvalue weighted by molar-refractivity contribution is -0.0483. The summed E-state index contributed by atoms with van der Waals surface area (Å²) in [5.74, 6) is 0.561. The van der Waals surface area contributed by atoms with Gasteiger partial charge in [0.1, 0.15) is 0 Å². The number of nitriles is 2. The van der Waals surface area contributed by atoms with Crippen molar-refractivity contribution in [1.82, 2.24) is 0 Å². The first-order chi connectivity index (χ1) is 10.7. The molecule has 1 aromatic carbocycles. The molecule has 114 valence electrons. The van der Waals surface area contributed by atoms with Gasteiger partial charge in [-0.25, -0.2) is 0 Å². The summed E-state index contributed by atoms with van der Waals surface area (Å²) in [6, 6.07) is 12.2. The summed E-state index contributed by atoms with van der Waals surface area (Å²) in [7, 11) is 1.80. The summed E-state index contributed by atoms with van der Waals surface area (Å²) < 4.78 is 5.82. The maximum absolute atomic E-state index is 8.87. The highest BCUT2D eigenvalue weighted by Gasteiger charge is 2.34. The van der Waals surface area contributed by atoms with Crippen molar-refractivity contribution < 1.29 is 4.74 Å². The van der Waals surface area contributed by atoms with Gasteiger partial charge in [-0.1, -0.05) is 18.2 Å². The second kappa shape index (κ2) is 7.78. The minimum atomic E-state index is -0.0388. The molecule has 1 saturated carbocycles. The molecule has 0 saturated heterocycles. The van der Waals surface area contributed by atoms with Crippen LogP contribution in [-0.2, 0) is 4.74 Å². The lowest BCUT2D eigenvalue weighted by Gasteiger charge is -2.39. The molecule has 0 heterocycles. The van der Waals surface area contributed by atoms with Gasteiger partial charge in [0.25, 0.3) is 0 Å². The third kappa shape index (κ3) is 3.97. The molecule has 3 nitrogen and oxygen atoms in total. The molecule has 22 heavy (non-hydrogen) atoms. The summed E-state index contributed by atoms with van der Waals surface area (Å²) in [5.41, 5.74) is 2.01. The first-order valence-electron chi connectivity index (χ1n) is 7.83. The molecule has 2 rings (SSSR count). The van der Waals surface area contributed by atoms with Gasteiger partial charge < -0.3 is 4.74 Å². The summed E-state index contributed by atoms with van der Waals surface area (Å²) in [6.07, 6.45) is 9.66. The zero-order valence-corrected chi connectivity index (χ0v) is 13.1. The molecule has 1 aromatic rings. The van der Waals surface area contributed by atoms with E-state index in [0.717, 1.165) is 44.1 Å². The van der Waals surface area contributed by atoms with E-state index < -0.39 is 0 Å². The molecule has 0 N–H and O–H groups in total. The number of allylic oxidation sites excluding steroid dienone is 2. The predicted molar refractivity (Wildman–Crippen MR) is 86.1 cm³/mol. The molecule has 1 aliphatic carbocycles. The average molecular weight is 294 g/mol. The Labute approximate surface area is 132 Å². The number of methoxy groups -OCH3 is 1. The first-order valence-corrected chi connectivity index (χ1v) is 7.83. The van der Waals surface area contributed by atoms with E-state index in [4.69, 9.17) is 15.3 Å². The highest BCUT2D eigenvalue weighted by atomic mass is 16.5. The van der Waals surface area contributed by atoms with Crippen molar-refractivity contribution in [2.24, 2.45) is 0 Å². The van der Waals surface area contributed by atoms with E-state index in [2.05, 4.69) is 18.2 Å². The third-order valence-electron chi connectivity index (χ3n) is 4.80. The molecule has 0 spiro atoms. The molecule has 0 amide bonds. The second-order valence-corrected chi connectivity index (χ2v) is 5.97. The van der Waals surface area contributed by atoms with Gasteiger partial charge in [-0.05, 0) is 62.1 Å². The SMILES string of the molecule is CO[C@]1(CCC=CC#N)CC[C@H](c2ccc(C#N)cc2)CC1. The van der Waals surface area contributed by atoms with Gasteiger partial charge in [0, 0.05) is 13.2 Å². The second-order valence-electron chi connectivity index (χ2n) is 5.97. The topological polar surface area (TPSA) is 56.8 Å². The van der Waals surface area contributed by atoms with Crippen LogP contribution in [0.1, 0.15) is 55.6 Å². The van der Waals surface area contributed by atoms with Crippen LogP contribution >= 0.6 is 0 Å². The largest absolute Gasteiger partial charge is 0.378 e. The van der Waals surface area contributed by atoms with Gasteiger partial charge in [0.05, 0.1) is 23.3 Å². The van der Waals surface area contributed by atoms with E-state index in [-0.39, 0.29) is 5.60 Å². The molecule has 0 atom stereocenters. The van der Waals surface area contributed by atoms with Crippen molar-refractivity contribution in [3.05, 3.63) is 47.5 Å². The van der Waals surface area contributed by atoms with Crippen LogP contribution < -0.4 is 0 Å². The van der Waals surface area contributed by atoms with Gasteiger partial charge in [0.15, 0.2) is 0 Å². The number of hydrogen-bond donors (Lipinski definition) is 0. The van der Waals surface area contributed by atoms with Crippen LogP contribution in [0.2, 0.25) is 0 Å². The monoisotopic (exact) mass is 294 g/mol. The van der Waals surface area contributed by atoms with E-state index >= 15 is 0 Å². The van der Waals surface area contributed by atoms with Crippen LogP contribution in [0.15, 0.2) is 36.4 Å². The highest BCUT2D eigenvalue weighted by Crippen LogP contribution is 2.42. The van der Waals surface area contributed by atoms with E-state index in [1.54, 1.807) is 13.2 Å². The standard InChI is InChI=1S/C19H22N2O/c1-22-19(11-3-2-4-14-20)12-9-18(10-13-19)17-7-5-16(15-21)6-8-17/h2,4-8,18H,3,9-13H2,1H3/t18-,19+. The van der Waals surface area contributed by atoms with Gasteiger partial charge in [0.2, 0.25) is 0 Å². The summed E-state index contributed by atoms with van der Waals surface area (Å²) in [5, 5.41) is 17.4. The Hall–Kier alpha value is -2.10. The quantitative estimate of drug-likeness (QED) is 0.753. The zero-order valence-electron chi connectivity index (χ0n) is 13.1. The Kier molecular flexibility index (Phi) is 5.75. The Bertz CT molecular complexity index is 581. The predicted octanol–water partition coefficient (Wildman–Crippen LogP) is 4.46. The minimum Gasteiger partial charge on any atom is -0.378 e. The van der Waals surface area contributed by atoms with E-state index in [1.165, 1.54) is 5.56 Å². The van der Waals surface area contributed by atoms with Crippen molar-refractivity contribution >= 4 is 0 Å². The molecule has 0 radical (unpaired) electrons. The smallest absolute Gasteiger partial charge is 0.0991 e. The van der Waals surface area contributed by atoms with Crippen LogP contribution in [-0.4, -0.2) is 12.7 Å².